The van der Waals surface area contributed by atoms with Gasteiger partial charge in [0.25, 0.3) is 5.91 Å². The van der Waals surface area contributed by atoms with E-state index in [1.807, 2.05) is 0 Å². The number of amides is 1. The Morgan fingerprint density at radius 3 is 2.75 bits per heavy atom. The van der Waals surface area contributed by atoms with Crippen molar-refractivity contribution in [3.8, 4) is 5.75 Å². The summed E-state index contributed by atoms with van der Waals surface area (Å²) in [5.74, 6) is -0.937. The van der Waals surface area contributed by atoms with Gasteiger partial charge in [0, 0.05) is 18.7 Å². The summed E-state index contributed by atoms with van der Waals surface area (Å²) in [5.41, 5.74) is 2.88. The molecule has 0 saturated carbocycles. The van der Waals surface area contributed by atoms with E-state index in [-0.39, 0.29) is 17.0 Å². The van der Waals surface area contributed by atoms with Crippen molar-refractivity contribution in [3.05, 3.63) is 87.8 Å². The number of rotatable bonds is 10. The minimum atomic E-state index is -1.21. The van der Waals surface area contributed by atoms with Crippen LogP contribution in [-0.4, -0.2) is 41.2 Å². The van der Waals surface area contributed by atoms with E-state index in [2.05, 4.69) is 27.8 Å². The van der Waals surface area contributed by atoms with Gasteiger partial charge in [-0.15, -0.1) is 0 Å². The molecule has 0 radical (unpaired) electrons. The Morgan fingerprint density at radius 1 is 1.17 bits per heavy atom. The maximum atomic E-state index is 13.5. The smallest absolute Gasteiger partial charge is 0.326 e. The van der Waals surface area contributed by atoms with E-state index in [0.717, 1.165) is 55.9 Å². The van der Waals surface area contributed by atoms with Gasteiger partial charge in [-0.2, -0.15) is 0 Å². The molecule has 7 nitrogen and oxygen atoms in total. The van der Waals surface area contributed by atoms with Crippen LogP contribution in [-0.2, 0) is 24.1 Å². The first-order valence-electron chi connectivity index (χ1n) is 11.8. The molecule has 0 aliphatic carbocycles. The van der Waals surface area contributed by atoms with Gasteiger partial charge in [0.2, 0.25) is 0 Å². The van der Waals surface area contributed by atoms with E-state index in [0.29, 0.717) is 17.9 Å². The number of carboxylic acid groups (broad SMARTS) is 1. The Labute approximate surface area is 213 Å². The highest BCUT2D eigenvalue weighted by molar-refractivity contribution is 6.33. The second-order valence-corrected chi connectivity index (χ2v) is 9.04. The quantitative estimate of drug-likeness (QED) is 0.342. The Morgan fingerprint density at radius 2 is 1.97 bits per heavy atom. The van der Waals surface area contributed by atoms with Crippen molar-refractivity contribution < 1.29 is 23.8 Å². The number of aliphatic carboxylic acids is 1. The van der Waals surface area contributed by atoms with Gasteiger partial charge in [-0.05, 0) is 73.2 Å². The molecule has 1 amide bonds. The van der Waals surface area contributed by atoms with Crippen molar-refractivity contribution >= 4 is 29.3 Å². The number of aromatic nitrogens is 1. The fourth-order valence-corrected chi connectivity index (χ4v) is 4.22. The summed E-state index contributed by atoms with van der Waals surface area (Å²) in [6, 6.07) is 13.4. The number of carbonyl (C=O) groups is 2. The fourth-order valence-electron chi connectivity index (χ4n) is 4.02. The summed E-state index contributed by atoms with van der Waals surface area (Å²) in [6.07, 6.45) is 3.86. The Kier molecular flexibility index (Phi) is 8.38. The average Bonchev–Trinajstić information content (AvgIpc) is 2.88. The van der Waals surface area contributed by atoms with E-state index < -0.39 is 23.7 Å². The molecule has 0 saturated heterocycles. The molecule has 0 spiro atoms. The SMILES string of the molecule is O=C(N[C@@H](Cc1ccc(OCCCc2ccc3c(n2)NCCC3)cc1)C(=O)O)c1cc(F)ccc1Cl. The highest BCUT2D eigenvalue weighted by atomic mass is 35.5. The fraction of sp³-hybridized carbons (Fsp3) is 0.296. The lowest BCUT2D eigenvalue weighted by atomic mass is 10.1. The first-order chi connectivity index (χ1) is 17.4. The highest BCUT2D eigenvalue weighted by Crippen LogP contribution is 2.21. The van der Waals surface area contributed by atoms with Gasteiger partial charge >= 0.3 is 5.97 Å². The predicted molar refractivity (Wildman–Crippen MR) is 135 cm³/mol. The number of pyridine rings is 1. The van der Waals surface area contributed by atoms with Crippen molar-refractivity contribution in [1.82, 2.24) is 10.3 Å². The van der Waals surface area contributed by atoms with E-state index in [1.54, 1.807) is 24.3 Å². The van der Waals surface area contributed by atoms with Crippen LogP contribution in [0.4, 0.5) is 10.2 Å². The number of carboxylic acids is 1. The summed E-state index contributed by atoms with van der Waals surface area (Å²) in [4.78, 5) is 28.8. The summed E-state index contributed by atoms with van der Waals surface area (Å²) < 4.78 is 19.3. The van der Waals surface area contributed by atoms with E-state index in [4.69, 9.17) is 16.3 Å². The molecule has 1 aliphatic heterocycles. The molecule has 36 heavy (non-hydrogen) atoms. The summed E-state index contributed by atoms with van der Waals surface area (Å²) in [7, 11) is 0. The number of anilines is 1. The topological polar surface area (TPSA) is 101 Å². The van der Waals surface area contributed by atoms with Crippen molar-refractivity contribution in [2.45, 2.75) is 38.1 Å². The average molecular weight is 512 g/mol. The number of nitrogens with zero attached hydrogens (tertiary/aromatic N) is 1. The third-order valence-electron chi connectivity index (χ3n) is 5.94. The number of ether oxygens (including phenoxy) is 1. The lowest BCUT2D eigenvalue weighted by molar-refractivity contribution is -0.139. The summed E-state index contributed by atoms with van der Waals surface area (Å²) >= 11 is 5.95. The molecule has 9 heteroatoms. The predicted octanol–water partition coefficient (Wildman–Crippen LogP) is 4.67. The van der Waals surface area contributed by atoms with Crippen LogP contribution in [0, 0.1) is 5.82 Å². The van der Waals surface area contributed by atoms with Crippen LogP contribution in [0.3, 0.4) is 0 Å². The molecule has 1 atom stereocenters. The van der Waals surface area contributed by atoms with Gasteiger partial charge in [0.1, 0.15) is 23.4 Å². The van der Waals surface area contributed by atoms with Crippen LogP contribution in [0.1, 0.15) is 40.0 Å². The van der Waals surface area contributed by atoms with Crippen molar-refractivity contribution in [2.24, 2.45) is 0 Å². The molecule has 3 N–H and O–H groups in total. The van der Waals surface area contributed by atoms with Crippen LogP contribution in [0.2, 0.25) is 5.02 Å². The molecular weight excluding hydrogens is 485 g/mol. The number of halogens is 2. The summed E-state index contributed by atoms with van der Waals surface area (Å²) in [6.45, 7) is 1.48. The van der Waals surface area contributed by atoms with E-state index in [1.165, 1.54) is 11.6 Å². The van der Waals surface area contributed by atoms with Gasteiger partial charge in [0.15, 0.2) is 0 Å². The van der Waals surface area contributed by atoms with Crippen LogP contribution < -0.4 is 15.4 Å². The molecule has 1 aliphatic rings. The van der Waals surface area contributed by atoms with Gasteiger partial charge in [0.05, 0.1) is 17.2 Å². The number of benzene rings is 2. The van der Waals surface area contributed by atoms with Gasteiger partial charge in [-0.3, -0.25) is 4.79 Å². The second-order valence-electron chi connectivity index (χ2n) is 8.63. The standard InChI is InChI=1S/C27H27ClFN3O4/c28-23-12-8-19(29)16-22(23)26(33)32-24(27(34)35)15-17-5-10-21(11-6-17)36-14-2-4-20-9-7-18-3-1-13-30-25(18)31-20/h5-12,16,24H,1-4,13-15H2,(H,30,31)(H,32,33)(H,34,35)/t24-/m0/s1. The number of carbonyl (C=O) groups excluding carboxylic acids is 1. The Bertz CT molecular complexity index is 1240. The van der Waals surface area contributed by atoms with Gasteiger partial charge in [-0.25, -0.2) is 14.2 Å². The molecular formula is C27H27ClFN3O4. The zero-order valence-electron chi connectivity index (χ0n) is 19.6. The number of fused-ring (bicyclic) bond motifs is 1. The van der Waals surface area contributed by atoms with Crippen molar-refractivity contribution in [2.75, 3.05) is 18.5 Å². The molecule has 3 aromatic rings. The summed E-state index contributed by atoms with van der Waals surface area (Å²) in [5, 5.41) is 15.4. The molecule has 0 bridgehead atoms. The number of hydrogen-bond donors (Lipinski definition) is 3. The normalized spacial score (nSPS) is 13.3. The Balaban J connectivity index is 1.26. The van der Waals surface area contributed by atoms with E-state index >= 15 is 0 Å². The zero-order valence-corrected chi connectivity index (χ0v) is 20.4. The monoisotopic (exact) mass is 511 g/mol. The molecule has 2 heterocycles. The molecule has 4 rings (SSSR count). The number of aryl methyl sites for hydroxylation is 2. The second kappa shape index (κ2) is 11.9. The van der Waals surface area contributed by atoms with Crippen LogP contribution >= 0.6 is 11.6 Å². The van der Waals surface area contributed by atoms with E-state index in [9.17, 15) is 19.1 Å². The van der Waals surface area contributed by atoms with Gasteiger partial charge < -0.3 is 20.5 Å². The third kappa shape index (κ3) is 6.73. The first-order valence-corrected chi connectivity index (χ1v) is 12.2. The molecule has 2 aromatic carbocycles. The van der Waals surface area contributed by atoms with Crippen LogP contribution in [0.25, 0.3) is 0 Å². The Hall–Kier alpha value is -3.65. The largest absolute Gasteiger partial charge is 0.494 e. The maximum absolute atomic E-state index is 13.5. The number of hydrogen-bond acceptors (Lipinski definition) is 5. The van der Waals surface area contributed by atoms with Crippen molar-refractivity contribution in [1.29, 1.82) is 0 Å². The minimum absolute atomic E-state index is 0.0404. The zero-order chi connectivity index (χ0) is 25.5. The first kappa shape index (κ1) is 25.4. The minimum Gasteiger partial charge on any atom is -0.494 e. The molecule has 1 aromatic heterocycles. The lowest BCUT2D eigenvalue weighted by Gasteiger charge is -2.17. The van der Waals surface area contributed by atoms with Gasteiger partial charge in [-0.1, -0.05) is 29.8 Å². The van der Waals surface area contributed by atoms with Crippen LogP contribution in [0.5, 0.6) is 5.75 Å². The molecule has 0 fully saturated rings. The highest BCUT2D eigenvalue weighted by Gasteiger charge is 2.22. The molecule has 0 unspecified atom stereocenters. The number of nitrogens with one attached hydrogen (secondary N) is 2. The van der Waals surface area contributed by atoms with Crippen LogP contribution in [0.15, 0.2) is 54.6 Å². The maximum Gasteiger partial charge on any atom is 0.326 e. The third-order valence-corrected chi connectivity index (χ3v) is 6.27. The van der Waals surface area contributed by atoms with Crippen molar-refractivity contribution in [3.63, 3.8) is 0 Å². The molecule has 188 valence electrons. The lowest BCUT2D eigenvalue weighted by Crippen LogP contribution is -2.42.